The van der Waals surface area contributed by atoms with Gasteiger partial charge in [-0.3, -0.25) is 10.3 Å². The van der Waals surface area contributed by atoms with Crippen LogP contribution in [-0.4, -0.2) is 31.2 Å². The van der Waals surface area contributed by atoms with E-state index in [2.05, 4.69) is 124 Å². The summed E-state index contributed by atoms with van der Waals surface area (Å²) < 4.78 is 6.13. The Morgan fingerprint density at radius 2 is 1.20 bits per heavy atom. The van der Waals surface area contributed by atoms with E-state index in [0.717, 1.165) is 49.6 Å². The van der Waals surface area contributed by atoms with Crippen LogP contribution in [0.25, 0.3) is 0 Å². The standard InChI is InChI=1S/C41H45ClN5OP/c42-49(36-19-9-4-10-20-36,37-21-11-5-12-22-37,38-23-13-6-14-24-38)32-16-2-1-15-31-48-35-27-25-34(26-28-35)39-45-40(43)47-41(46-39)44-30-29-33-17-7-3-8-18-33/h3-14,17-28,39H,1-2,15-16,29-32H2,(H4,43,44,45,46,47). The molecule has 0 spiro atoms. The van der Waals surface area contributed by atoms with Gasteiger partial charge in [-0.05, 0) is 12.0 Å². The second kappa shape index (κ2) is 16.2. The molecule has 8 heteroatoms. The molecule has 0 bridgehead atoms. The van der Waals surface area contributed by atoms with Gasteiger partial charge in [0.15, 0.2) is 11.9 Å². The van der Waals surface area contributed by atoms with Crippen molar-refractivity contribution in [2.24, 2.45) is 15.7 Å². The number of nitrogens with two attached hydrogens (primary N) is 1. The van der Waals surface area contributed by atoms with Crippen molar-refractivity contribution in [2.45, 2.75) is 38.3 Å². The first-order valence-corrected chi connectivity index (χ1v) is 20.4. The minimum Gasteiger partial charge on any atom is -0.330 e. The van der Waals surface area contributed by atoms with Gasteiger partial charge in [0.25, 0.3) is 0 Å². The molecule has 0 fully saturated rings. The topological polar surface area (TPSA) is 84.0 Å². The Labute approximate surface area is 295 Å². The van der Waals surface area contributed by atoms with Crippen LogP contribution < -0.4 is 37.0 Å². The van der Waals surface area contributed by atoms with E-state index in [-0.39, 0.29) is 6.17 Å². The summed E-state index contributed by atoms with van der Waals surface area (Å²) >= 11 is 8.20. The van der Waals surface area contributed by atoms with E-state index in [1.807, 2.05) is 42.5 Å². The van der Waals surface area contributed by atoms with Gasteiger partial charge in [0.1, 0.15) is 0 Å². The molecule has 5 aromatic rings. The van der Waals surface area contributed by atoms with E-state index in [0.29, 0.717) is 25.1 Å². The van der Waals surface area contributed by atoms with Crippen molar-refractivity contribution < 1.29 is 4.74 Å². The molecule has 0 saturated heterocycles. The number of aliphatic imine (C=N–C) groups is 2. The van der Waals surface area contributed by atoms with Crippen LogP contribution in [0.15, 0.2) is 156 Å². The maximum Gasteiger partial charge on any atom is 0.200 e. The Balaban J connectivity index is 1.01. The third-order valence-corrected chi connectivity index (χ3v) is 16.7. The maximum atomic E-state index is 8.20. The average molecular weight is 690 g/mol. The molecular formula is C41H45ClN5OP. The summed E-state index contributed by atoms with van der Waals surface area (Å²) in [7, 11) is 0. The minimum absolute atomic E-state index is 0.311. The molecule has 0 aromatic heterocycles. The van der Waals surface area contributed by atoms with E-state index in [4.69, 9.17) is 21.7 Å². The first-order valence-electron chi connectivity index (χ1n) is 17.1. The first-order chi connectivity index (χ1) is 24.0. The van der Waals surface area contributed by atoms with Crippen molar-refractivity contribution in [1.82, 2.24) is 10.6 Å². The second-order valence-corrected chi connectivity index (χ2v) is 19.0. The smallest absolute Gasteiger partial charge is 0.200 e. The second-order valence-electron chi connectivity index (χ2n) is 12.4. The Kier molecular flexibility index (Phi) is 11.3. The summed E-state index contributed by atoms with van der Waals surface area (Å²) in [5.41, 5.74) is 8.33. The fraction of sp³-hybridized carbons (Fsp3) is 0.220. The number of guanidine groups is 2. The van der Waals surface area contributed by atoms with Gasteiger partial charge >= 0.3 is 209 Å². The minimum atomic E-state index is -3.20. The summed E-state index contributed by atoms with van der Waals surface area (Å²) in [5, 5.41) is 10.0. The van der Waals surface area contributed by atoms with Crippen molar-refractivity contribution in [1.29, 1.82) is 0 Å². The summed E-state index contributed by atoms with van der Waals surface area (Å²) in [6.45, 7) is 1.31. The van der Waals surface area contributed by atoms with Crippen LogP contribution in [0, 0.1) is 0 Å². The normalized spacial score (nSPS) is 16.1. The molecule has 6 rings (SSSR count). The van der Waals surface area contributed by atoms with Gasteiger partial charge in [-0.2, -0.15) is 0 Å². The number of ether oxygens (including phenoxy) is 1. The summed E-state index contributed by atoms with van der Waals surface area (Å²) in [6.07, 6.45) is 5.60. The monoisotopic (exact) mass is 689 g/mol. The number of halogens is 1. The van der Waals surface area contributed by atoms with Gasteiger partial charge in [-0.25, -0.2) is 4.99 Å². The Hall–Kier alpha value is -4.64. The van der Waals surface area contributed by atoms with E-state index in [1.54, 1.807) is 0 Å². The molecule has 0 saturated carbocycles. The molecule has 1 aliphatic rings. The molecule has 0 radical (unpaired) electrons. The van der Waals surface area contributed by atoms with Crippen LogP contribution in [0.4, 0.5) is 0 Å². The van der Waals surface area contributed by atoms with Gasteiger partial charge in [0.05, 0.1) is 0 Å². The van der Waals surface area contributed by atoms with Crippen molar-refractivity contribution >= 4 is 45.0 Å². The molecule has 6 nitrogen and oxygen atoms in total. The SMILES string of the molecule is NC1=NC(c2ccc(OCCCCCCP(Cl)(c3ccccc3)(c3ccccc3)c3ccccc3)cc2)NC(=NCCc2ccccc2)N1. The van der Waals surface area contributed by atoms with Crippen molar-refractivity contribution in [3.63, 3.8) is 0 Å². The van der Waals surface area contributed by atoms with Crippen LogP contribution in [0.5, 0.6) is 5.75 Å². The molecular weight excluding hydrogens is 645 g/mol. The Morgan fingerprint density at radius 1 is 0.673 bits per heavy atom. The number of hydrogen-bond acceptors (Lipinski definition) is 4. The van der Waals surface area contributed by atoms with Crippen molar-refractivity contribution in [2.75, 3.05) is 19.3 Å². The zero-order valence-electron chi connectivity index (χ0n) is 27.8. The molecule has 1 unspecified atom stereocenters. The summed E-state index contributed by atoms with van der Waals surface area (Å²) in [4.78, 5) is 9.19. The van der Waals surface area contributed by atoms with Crippen LogP contribution in [0.1, 0.15) is 43.0 Å². The van der Waals surface area contributed by atoms with Gasteiger partial charge in [-0.15, -0.1) is 0 Å². The van der Waals surface area contributed by atoms with E-state index in [9.17, 15) is 0 Å². The fourth-order valence-electron chi connectivity index (χ4n) is 6.53. The van der Waals surface area contributed by atoms with E-state index < -0.39 is 5.96 Å². The fourth-order valence-corrected chi connectivity index (χ4v) is 12.8. The number of nitrogens with one attached hydrogen (secondary N) is 2. The van der Waals surface area contributed by atoms with Gasteiger partial charge < -0.3 is 11.1 Å². The number of rotatable bonds is 15. The van der Waals surface area contributed by atoms with Gasteiger partial charge in [0, 0.05) is 6.54 Å². The molecule has 0 amide bonds. The quantitative estimate of drug-likeness (QED) is 0.0790. The molecule has 4 N–H and O–H groups in total. The Bertz CT molecular complexity index is 1720. The Morgan fingerprint density at radius 3 is 1.78 bits per heavy atom. The predicted octanol–water partition coefficient (Wildman–Crippen LogP) is 7.41. The molecule has 0 aliphatic carbocycles. The van der Waals surface area contributed by atoms with Crippen molar-refractivity contribution in [3.05, 3.63) is 157 Å². The third-order valence-electron chi connectivity index (χ3n) is 9.12. The molecule has 1 atom stereocenters. The molecule has 252 valence electrons. The molecule has 49 heavy (non-hydrogen) atoms. The van der Waals surface area contributed by atoms with E-state index in [1.165, 1.54) is 21.5 Å². The number of unbranched alkanes of at least 4 members (excludes halogenated alkanes) is 3. The first kappa shape index (κ1) is 34.2. The van der Waals surface area contributed by atoms with Crippen LogP contribution in [-0.2, 0) is 6.42 Å². The molecule has 1 heterocycles. The van der Waals surface area contributed by atoms with Crippen LogP contribution >= 0.6 is 17.2 Å². The number of nitrogens with zero attached hydrogens (tertiary/aromatic N) is 2. The third kappa shape index (κ3) is 8.16. The van der Waals surface area contributed by atoms with Gasteiger partial charge in [0.2, 0.25) is 0 Å². The maximum absolute atomic E-state index is 8.20. The zero-order chi connectivity index (χ0) is 33.8. The summed E-state index contributed by atoms with van der Waals surface area (Å²) in [6, 6.07) is 50.5. The average Bonchev–Trinajstić information content (AvgIpc) is 3.16. The zero-order valence-corrected chi connectivity index (χ0v) is 29.4. The van der Waals surface area contributed by atoms with Crippen LogP contribution in [0.2, 0.25) is 0 Å². The van der Waals surface area contributed by atoms with E-state index >= 15 is 0 Å². The van der Waals surface area contributed by atoms with Gasteiger partial charge in [-0.1, -0.05) is 30.3 Å². The number of benzene rings is 5. The van der Waals surface area contributed by atoms with Crippen molar-refractivity contribution in [3.8, 4) is 5.75 Å². The number of hydrogen-bond donors (Lipinski definition) is 3. The summed E-state index contributed by atoms with van der Waals surface area (Å²) in [5.74, 6) is -1.39. The molecule has 1 aliphatic heterocycles. The predicted molar refractivity (Wildman–Crippen MR) is 209 cm³/mol. The van der Waals surface area contributed by atoms with Crippen LogP contribution in [0.3, 0.4) is 0 Å². The largest absolute Gasteiger partial charge is 0.330 e. The molecule has 5 aromatic carbocycles.